The van der Waals surface area contributed by atoms with Gasteiger partial charge >= 0.3 is 11.1 Å². The summed E-state index contributed by atoms with van der Waals surface area (Å²) in [5.74, 6) is -0.0325. The van der Waals surface area contributed by atoms with E-state index < -0.39 is 0 Å². The normalized spacial score (nSPS) is 19.4. The fraction of sp³-hybridized carbons (Fsp3) is 0.160. The number of carbonyl (C=O) groups is 1. The molecule has 5 rings (SSSR count). The van der Waals surface area contributed by atoms with Crippen molar-refractivity contribution in [3.05, 3.63) is 95.2 Å². The van der Waals surface area contributed by atoms with Crippen molar-refractivity contribution in [2.75, 3.05) is 11.9 Å². The third kappa shape index (κ3) is 2.89. The van der Waals surface area contributed by atoms with E-state index in [0.717, 1.165) is 11.3 Å². The Labute approximate surface area is 180 Å². The van der Waals surface area contributed by atoms with Crippen molar-refractivity contribution in [1.82, 2.24) is 4.98 Å². The summed E-state index contributed by atoms with van der Waals surface area (Å²) in [6.07, 6.45) is 5.82. The highest BCUT2D eigenvalue weighted by atomic mass is 32.2. The molecule has 0 fully saturated rings. The van der Waals surface area contributed by atoms with Crippen molar-refractivity contribution < 1.29 is 9.36 Å². The number of hydrogen-bond acceptors (Lipinski definition) is 4. The van der Waals surface area contributed by atoms with Crippen LogP contribution in [0.25, 0.3) is 11.3 Å². The van der Waals surface area contributed by atoms with Gasteiger partial charge in [-0.3, -0.25) is 0 Å². The van der Waals surface area contributed by atoms with Crippen LogP contribution in [0.15, 0.2) is 94.8 Å². The molecule has 0 radical (unpaired) electrons. The quantitative estimate of drug-likeness (QED) is 0.338. The Kier molecular flexibility index (Phi) is 4.36. The first kappa shape index (κ1) is 18.8. The minimum atomic E-state index is -0.118. The number of anilines is 1. The summed E-state index contributed by atoms with van der Waals surface area (Å²) in [5.41, 5.74) is 5.48. The molecule has 0 unspecified atom stereocenters. The first-order chi connectivity index (χ1) is 14.5. The standard InChI is InChI=1S/C25H22N3OS/c1-25(2)18-11-7-8-12-20(18)27(3)22(25)14-13-21-23(29)28-16-15-19(26-24(28)30-21)17-9-5-4-6-10-17/h4-16H,1-3H3/q+1/b21-13-,22-14-. The van der Waals surface area contributed by atoms with Gasteiger partial charge in [-0.15, -0.1) is 0 Å². The Morgan fingerprint density at radius 2 is 1.73 bits per heavy atom. The SMILES string of the molecule is CN1/C(=C\C=C2/Sc3nc(-c4ccccc4)cc[n+]3C2=O)C(C)(C)c2ccccc21. The van der Waals surface area contributed by atoms with Gasteiger partial charge in [0.2, 0.25) is 0 Å². The third-order valence-electron chi connectivity index (χ3n) is 5.84. The van der Waals surface area contributed by atoms with Gasteiger partial charge in [0.1, 0.15) is 11.1 Å². The minimum absolute atomic E-state index is 0.0325. The van der Waals surface area contributed by atoms with E-state index in [0.29, 0.717) is 10.1 Å². The van der Waals surface area contributed by atoms with Crippen molar-refractivity contribution >= 4 is 23.4 Å². The zero-order valence-corrected chi connectivity index (χ0v) is 18.0. The maximum Gasteiger partial charge on any atom is 0.372 e. The molecule has 0 atom stereocenters. The van der Waals surface area contributed by atoms with E-state index in [1.54, 1.807) is 4.57 Å². The maximum absolute atomic E-state index is 12.9. The fourth-order valence-corrected chi connectivity index (χ4v) is 5.13. The van der Waals surface area contributed by atoms with Gasteiger partial charge in [0.05, 0.1) is 0 Å². The second-order valence-electron chi connectivity index (χ2n) is 8.02. The Bertz CT molecular complexity index is 1230. The number of likely N-dealkylation sites (N-methyl/N-ethyl adjacent to an activating group) is 1. The number of para-hydroxylation sites is 1. The van der Waals surface area contributed by atoms with Crippen LogP contribution < -0.4 is 9.47 Å². The molecular weight excluding hydrogens is 390 g/mol. The fourth-order valence-electron chi connectivity index (χ4n) is 4.22. The molecule has 0 N–H and O–H groups in total. The largest absolute Gasteiger partial charge is 0.372 e. The van der Waals surface area contributed by atoms with Crippen molar-refractivity contribution in [3.63, 3.8) is 0 Å². The van der Waals surface area contributed by atoms with E-state index in [2.05, 4.69) is 56.1 Å². The number of carbonyl (C=O) groups excluding carboxylic acids is 1. The summed E-state index contributed by atoms with van der Waals surface area (Å²) < 4.78 is 1.62. The molecule has 2 aliphatic heterocycles. The zero-order chi connectivity index (χ0) is 20.9. The van der Waals surface area contributed by atoms with Crippen LogP contribution in [0.4, 0.5) is 5.69 Å². The molecule has 3 aromatic rings. The monoisotopic (exact) mass is 412 g/mol. The van der Waals surface area contributed by atoms with Crippen LogP contribution >= 0.6 is 11.8 Å². The maximum atomic E-state index is 12.9. The van der Waals surface area contributed by atoms with Gasteiger partial charge in [0, 0.05) is 47.2 Å². The lowest BCUT2D eigenvalue weighted by Gasteiger charge is -2.23. The first-order valence-electron chi connectivity index (χ1n) is 9.93. The van der Waals surface area contributed by atoms with Gasteiger partial charge in [-0.2, -0.15) is 4.57 Å². The molecule has 148 valence electrons. The number of rotatable bonds is 2. The van der Waals surface area contributed by atoms with E-state index in [-0.39, 0.29) is 11.3 Å². The molecule has 3 heterocycles. The van der Waals surface area contributed by atoms with Crippen LogP contribution in [0, 0.1) is 0 Å². The van der Waals surface area contributed by atoms with Crippen LogP contribution in [0.5, 0.6) is 0 Å². The summed E-state index contributed by atoms with van der Waals surface area (Å²) in [6.45, 7) is 4.45. The molecule has 0 saturated heterocycles. The topological polar surface area (TPSA) is 37.1 Å². The molecule has 0 spiro atoms. The van der Waals surface area contributed by atoms with E-state index in [9.17, 15) is 4.79 Å². The zero-order valence-electron chi connectivity index (χ0n) is 17.2. The number of allylic oxidation sites excluding steroid dienone is 4. The van der Waals surface area contributed by atoms with Gasteiger partial charge in [0.25, 0.3) is 0 Å². The molecular formula is C25H22N3OS+. The smallest absolute Gasteiger partial charge is 0.347 e. The molecule has 30 heavy (non-hydrogen) atoms. The van der Waals surface area contributed by atoms with Crippen LogP contribution in [-0.2, 0) is 5.41 Å². The van der Waals surface area contributed by atoms with Crippen molar-refractivity contribution in [2.24, 2.45) is 0 Å². The summed E-state index contributed by atoms with van der Waals surface area (Å²) in [5, 5.41) is 0.702. The van der Waals surface area contributed by atoms with Crippen molar-refractivity contribution in [3.8, 4) is 11.3 Å². The Morgan fingerprint density at radius 1 is 1.00 bits per heavy atom. The predicted octanol–water partition coefficient (Wildman–Crippen LogP) is 4.98. The van der Waals surface area contributed by atoms with Gasteiger partial charge in [-0.1, -0.05) is 62.4 Å². The number of aromatic nitrogens is 2. The van der Waals surface area contributed by atoms with E-state index in [1.165, 1.54) is 28.7 Å². The van der Waals surface area contributed by atoms with Gasteiger partial charge in [0.15, 0.2) is 5.69 Å². The number of hydrogen-bond donors (Lipinski definition) is 0. The summed E-state index contributed by atoms with van der Waals surface area (Å²) in [7, 11) is 2.08. The van der Waals surface area contributed by atoms with Crippen LogP contribution in [0.2, 0.25) is 0 Å². The van der Waals surface area contributed by atoms with Crippen LogP contribution in [0.1, 0.15) is 24.2 Å². The highest BCUT2D eigenvalue weighted by Crippen LogP contribution is 2.46. The highest BCUT2D eigenvalue weighted by Gasteiger charge is 2.39. The minimum Gasteiger partial charge on any atom is -0.347 e. The molecule has 1 aromatic heterocycles. The molecule has 0 bridgehead atoms. The van der Waals surface area contributed by atoms with Crippen LogP contribution in [-0.4, -0.2) is 17.9 Å². The summed E-state index contributed by atoms with van der Waals surface area (Å²) in [4.78, 5) is 20.5. The van der Waals surface area contributed by atoms with E-state index in [4.69, 9.17) is 4.98 Å². The molecule has 0 aliphatic carbocycles. The number of fused-ring (bicyclic) bond motifs is 2. The van der Waals surface area contributed by atoms with Crippen LogP contribution in [0.3, 0.4) is 0 Å². The highest BCUT2D eigenvalue weighted by molar-refractivity contribution is 8.04. The van der Waals surface area contributed by atoms with Crippen molar-refractivity contribution in [2.45, 2.75) is 24.4 Å². The summed E-state index contributed by atoms with van der Waals surface area (Å²) in [6, 6.07) is 20.4. The Hall–Kier alpha value is -3.18. The number of benzene rings is 2. The lowest BCUT2D eigenvalue weighted by Crippen LogP contribution is -2.40. The summed E-state index contributed by atoms with van der Waals surface area (Å²) >= 11 is 1.42. The second kappa shape index (κ2) is 6.96. The van der Waals surface area contributed by atoms with Crippen molar-refractivity contribution in [1.29, 1.82) is 0 Å². The van der Waals surface area contributed by atoms with E-state index >= 15 is 0 Å². The van der Waals surface area contributed by atoms with Gasteiger partial charge in [-0.25, -0.2) is 4.79 Å². The number of thioether (sulfide) groups is 1. The second-order valence-corrected chi connectivity index (χ2v) is 9.03. The first-order valence-corrected chi connectivity index (χ1v) is 10.7. The average molecular weight is 413 g/mol. The van der Waals surface area contributed by atoms with Gasteiger partial charge < -0.3 is 4.90 Å². The predicted molar refractivity (Wildman–Crippen MR) is 120 cm³/mol. The lowest BCUT2D eigenvalue weighted by molar-refractivity contribution is -0.612. The third-order valence-corrected chi connectivity index (χ3v) is 6.84. The average Bonchev–Trinajstić information content (AvgIpc) is 3.18. The number of nitrogens with zero attached hydrogens (tertiary/aromatic N) is 3. The molecule has 4 nitrogen and oxygen atoms in total. The molecule has 2 aliphatic rings. The molecule has 5 heteroatoms. The lowest BCUT2D eigenvalue weighted by atomic mass is 9.84. The Morgan fingerprint density at radius 3 is 2.50 bits per heavy atom. The molecule has 0 amide bonds. The molecule has 2 aromatic carbocycles. The Balaban J connectivity index is 1.48. The van der Waals surface area contributed by atoms with E-state index in [1.807, 2.05) is 48.7 Å². The van der Waals surface area contributed by atoms with Gasteiger partial charge in [-0.05, 0) is 28.8 Å². The molecule has 0 saturated carbocycles.